The Labute approximate surface area is 120 Å². The van der Waals surface area contributed by atoms with Gasteiger partial charge in [-0.05, 0) is 18.6 Å². The monoisotopic (exact) mass is 292 g/mol. The minimum atomic E-state index is -0.655. The molecule has 0 radical (unpaired) electrons. The van der Waals surface area contributed by atoms with Gasteiger partial charge in [-0.1, -0.05) is 13.0 Å². The molecular weight excluding hydrogens is 279 g/mol. The molecule has 0 aliphatic rings. The van der Waals surface area contributed by atoms with Crippen molar-refractivity contribution in [3.8, 4) is 11.6 Å². The van der Waals surface area contributed by atoms with Crippen molar-refractivity contribution in [2.24, 2.45) is 0 Å². The molecule has 2 rings (SSSR count). The van der Waals surface area contributed by atoms with Gasteiger partial charge in [-0.3, -0.25) is 10.1 Å². The number of anilines is 1. The largest absolute Gasteiger partial charge is 0.433 e. The van der Waals surface area contributed by atoms with Gasteiger partial charge in [0.05, 0.1) is 4.92 Å². The predicted octanol–water partition coefficient (Wildman–Crippen LogP) is 3.14. The Balaban J connectivity index is 2.31. The van der Waals surface area contributed by atoms with Crippen LogP contribution in [0.1, 0.15) is 13.3 Å². The minimum Gasteiger partial charge on any atom is -0.433 e. The first kappa shape index (κ1) is 14.6. The number of hydrogen-bond acceptors (Lipinski definition) is 6. The summed E-state index contributed by atoms with van der Waals surface area (Å²) in [7, 11) is 0. The number of nitrogens with one attached hydrogen (secondary N) is 1. The summed E-state index contributed by atoms with van der Waals surface area (Å²) in [6, 6.07) is 5.28. The van der Waals surface area contributed by atoms with Crippen molar-refractivity contribution < 1.29 is 14.1 Å². The van der Waals surface area contributed by atoms with Crippen molar-refractivity contribution in [2.45, 2.75) is 13.3 Å². The summed E-state index contributed by atoms with van der Waals surface area (Å²) in [5.74, 6) is -0.403. The maximum Gasteiger partial charge on any atom is 0.349 e. The standard InChI is InChI=1S/C13H13FN4O3/c1-2-6-15-13-16-8-11(18(19)20)12(17-13)21-10-5-3-4-9(14)7-10/h3-5,7-8H,2,6H2,1H3,(H,15,16,17). The van der Waals surface area contributed by atoms with E-state index in [0.717, 1.165) is 18.7 Å². The third-order valence-electron chi connectivity index (χ3n) is 2.48. The normalized spacial score (nSPS) is 10.2. The molecule has 0 aliphatic carbocycles. The van der Waals surface area contributed by atoms with Gasteiger partial charge in [0.1, 0.15) is 17.8 Å². The molecule has 0 bridgehead atoms. The Kier molecular flexibility index (Phi) is 4.60. The SMILES string of the molecule is CCCNc1ncc([N+](=O)[O-])c(Oc2cccc(F)c2)n1. The molecule has 2 aromatic rings. The molecule has 1 aromatic heterocycles. The van der Waals surface area contributed by atoms with Crippen LogP contribution in [0.5, 0.6) is 11.6 Å². The van der Waals surface area contributed by atoms with Crippen LogP contribution in [0.25, 0.3) is 0 Å². The van der Waals surface area contributed by atoms with Crippen LogP contribution in [0.15, 0.2) is 30.5 Å². The lowest BCUT2D eigenvalue weighted by molar-refractivity contribution is -0.386. The van der Waals surface area contributed by atoms with Gasteiger partial charge < -0.3 is 10.1 Å². The zero-order valence-electron chi connectivity index (χ0n) is 11.2. The first-order valence-electron chi connectivity index (χ1n) is 6.29. The second-order valence-corrected chi connectivity index (χ2v) is 4.13. The maximum atomic E-state index is 13.1. The van der Waals surface area contributed by atoms with E-state index in [1.165, 1.54) is 18.2 Å². The van der Waals surface area contributed by atoms with E-state index < -0.39 is 10.7 Å². The van der Waals surface area contributed by atoms with Crippen LogP contribution in [0.4, 0.5) is 16.0 Å². The van der Waals surface area contributed by atoms with E-state index in [1.54, 1.807) is 0 Å². The van der Waals surface area contributed by atoms with Gasteiger partial charge >= 0.3 is 11.6 Å². The zero-order chi connectivity index (χ0) is 15.2. The average molecular weight is 292 g/mol. The predicted molar refractivity (Wildman–Crippen MR) is 73.9 cm³/mol. The summed E-state index contributed by atoms with van der Waals surface area (Å²) in [6.45, 7) is 2.58. The highest BCUT2D eigenvalue weighted by Crippen LogP contribution is 2.29. The molecule has 1 aromatic carbocycles. The number of benzene rings is 1. The maximum absolute atomic E-state index is 13.1. The van der Waals surface area contributed by atoms with E-state index in [9.17, 15) is 14.5 Å². The number of halogens is 1. The van der Waals surface area contributed by atoms with Gasteiger partial charge in [-0.15, -0.1) is 0 Å². The Hall–Kier alpha value is -2.77. The smallest absolute Gasteiger partial charge is 0.349 e. The lowest BCUT2D eigenvalue weighted by atomic mass is 10.3. The average Bonchev–Trinajstić information content (AvgIpc) is 2.45. The van der Waals surface area contributed by atoms with Gasteiger partial charge in [-0.2, -0.15) is 4.98 Å². The fraction of sp³-hybridized carbons (Fsp3) is 0.231. The third-order valence-corrected chi connectivity index (χ3v) is 2.48. The van der Waals surface area contributed by atoms with E-state index in [2.05, 4.69) is 15.3 Å². The van der Waals surface area contributed by atoms with E-state index >= 15 is 0 Å². The van der Waals surface area contributed by atoms with Gasteiger partial charge in [0.15, 0.2) is 0 Å². The molecule has 0 saturated heterocycles. The number of ether oxygens (including phenoxy) is 1. The van der Waals surface area contributed by atoms with Crippen LogP contribution in [0.2, 0.25) is 0 Å². The van der Waals surface area contributed by atoms with Crippen LogP contribution in [-0.2, 0) is 0 Å². The molecule has 0 atom stereocenters. The summed E-state index contributed by atoms with van der Waals surface area (Å²) >= 11 is 0. The van der Waals surface area contributed by atoms with Gasteiger partial charge in [0, 0.05) is 12.6 Å². The van der Waals surface area contributed by atoms with Gasteiger partial charge in [0.2, 0.25) is 5.95 Å². The lowest BCUT2D eigenvalue weighted by Crippen LogP contribution is -2.06. The molecule has 8 heteroatoms. The summed E-state index contributed by atoms with van der Waals surface area (Å²) in [5, 5.41) is 13.9. The van der Waals surface area contributed by atoms with Crippen LogP contribution in [0.3, 0.4) is 0 Å². The van der Waals surface area contributed by atoms with Crippen LogP contribution in [0, 0.1) is 15.9 Å². The minimum absolute atomic E-state index is 0.123. The lowest BCUT2D eigenvalue weighted by Gasteiger charge is -2.07. The quantitative estimate of drug-likeness (QED) is 0.649. The van der Waals surface area contributed by atoms with Gasteiger partial charge in [-0.25, -0.2) is 9.37 Å². The van der Waals surface area contributed by atoms with Crippen molar-refractivity contribution in [3.63, 3.8) is 0 Å². The Bertz CT molecular complexity index is 651. The molecule has 0 saturated carbocycles. The molecular formula is C13H13FN4O3. The van der Waals surface area contributed by atoms with Crippen molar-refractivity contribution in [1.29, 1.82) is 0 Å². The fourth-order valence-corrected chi connectivity index (χ4v) is 1.52. The van der Waals surface area contributed by atoms with Crippen molar-refractivity contribution >= 4 is 11.6 Å². The Morgan fingerprint density at radius 2 is 2.29 bits per heavy atom. The topological polar surface area (TPSA) is 90.2 Å². The van der Waals surface area contributed by atoms with Crippen LogP contribution in [-0.4, -0.2) is 21.4 Å². The number of nitrogens with zero attached hydrogens (tertiary/aromatic N) is 3. The molecule has 1 N–H and O–H groups in total. The molecule has 0 spiro atoms. The summed E-state index contributed by atoms with van der Waals surface area (Å²) < 4.78 is 18.4. The van der Waals surface area contributed by atoms with Crippen molar-refractivity contribution in [3.05, 3.63) is 46.4 Å². The fourth-order valence-electron chi connectivity index (χ4n) is 1.52. The highest BCUT2D eigenvalue weighted by molar-refractivity contribution is 5.45. The molecule has 0 amide bonds. The second kappa shape index (κ2) is 6.60. The molecule has 21 heavy (non-hydrogen) atoms. The zero-order valence-corrected chi connectivity index (χ0v) is 11.2. The molecule has 110 valence electrons. The van der Waals surface area contributed by atoms with Crippen LogP contribution < -0.4 is 10.1 Å². The number of hydrogen-bond donors (Lipinski definition) is 1. The van der Waals surface area contributed by atoms with Gasteiger partial charge in [0.25, 0.3) is 0 Å². The van der Waals surface area contributed by atoms with Crippen molar-refractivity contribution in [2.75, 3.05) is 11.9 Å². The third kappa shape index (κ3) is 3.85. The van der Waals surface area contributed by atoms with Crippen molar-refractivity contribution in [1.82, 2.24) is 9.97 Å². The number of aromatic nitrogens is 2. The molecule has 1 heterocycles. The Morgan fingerprint density at radius 3 is 2.95 bits per heavy atom. The number of nitro groups is 1. The van der Waals surface area contributed by atoms with Crippen LogP contribution >= 0.6 is 0 Å². The second-order valence-electron chi connectivity index (χ2n) is 4.13. The van der Waals surface area contributed by atoms with E-state index in [0.29, 0.717) is 6.54 Å². The van der Waals surface area contributed by atoms with E-state index in [-0.39, 0.29) is 23.3 Å². The summed E-state index contributed by atoms with van der Waals surface area (Å²) in [5.41, 5.74) is -0.388. The molecule has 7 nitrogen and oxygen atoms in total. The molecule has 0 fully saturated rings. The molecule has 0 aliphatic heterocycles. The highest BCUT2D eigenvalue weighted by atomic mass is 19.1. The first-order valence-corrected chi connectivity index (χ1v) is 6.29. The Morgan fingerprint density at radius 1 is 1.48 bits per heavy atom. The molecule has 0 unspecified atom stereocenters. The first-order chi connectivity index (χ1) is 10.1. The van der Waals surface area contributed by atoms with E-state index in [4.69, 9.17) is 4.74 Å². The summed E-state index contributed by atoms with van der Waals surface area (Å²) in [4.78, 5) is 18.1. The van der Waals surface area contributed by atoms with E-state index in [1.807, 2.05) is 6.92 Å². The number of rotatable bonds is 6. The summed E-state index contributed by atoms with van der Waals surface area (Å²) in [6.07, 6.45) is 1.90. The highest BCUT2D eigenvalue weighted by Gasteiger charge is 2.19.